The number of fused-ring (bicyclic) bond motifs is 1. The number of aryl methyl sites for hydroxylation is 1. The van der Waals surface area contributed by atoms with E-state index in [9.17, 15) is 0 Å². The van der Waals surface area contributed by atoms with Gasteiger partial charge in [-0.15, -0.1) is 10.2 Å². The fraction of sp³-hybridized carbons (Fsp3) is 0.857. The summed E-state index contributed by atoms with van der Waals surface area (Å²) in [6, 6.07) is 1.56. The number of aromatic nitrogens is 3. The van der Waals surface area contributed by atoms with Crippen LogP contribution in [0.4, 0.5) is 0 Å². The summed E-state index contributed by atoms with van der Waals surface area (Å²) in [4.78, 5) is 2.65. The van der Waals surface area contributed by atoms with E-state index < -0.39 is 0 Å². The molecule has 4 rings (SSSR count). The van der Waals surface area contributed by atoms with Crippen molar-refractivity contribution >= 4 is 0 Å². The molecule has 2 fully saturated rings. The van der Waals surface area contributed by atoms with Gasteiger partial charge in [0.1, 0.15) is 11.6 Å². The Morgan fingerprint density at radius 1 is 1.11 bits per heavy atom. The van der Waals surface area contributed by atoms with Crippen LogP contribution in [0.5, 0.6) is 0 Å². The molecular formula is C14H23N5. The molecule has 0 aromatic carbocycles. The molecule has 0 spiro atoms. The van der Waals surface area contributed by atoms with E-state index in [1.807, 2.05) is 0 Å². The van der Waals surface area contributed by atoms with Crippen LogP contribution in [0.25, 0.3) is 0 Å². The highest BCUT2D eigenvalue weighted by Crippen LogP contribution is 2.29. The molecule has 0 radical (unpaired) electrons. The third kappa shape index (κ3) is 2.41. The fourth-order valence-electron chi connectivity index (χ4n) is 3.46. The van der Waals surface area contributed by atoms with Crippen LogP contribution in [0, 0.1) is 0 Å². The predicted octanol–water partition coefficient (Wildman–Crippen LogP) is 0.941. The molecule has 1 unspecified atom stereocenters. The van der Waals surface area contributed by atoms with Gasteiger partial charge >= 0.3 is 0 Å². The highest BCUT2D eigenvalue weighted by molar-refractivity contribution is 4.99. The molecule has 104 valence electrons. The normalized spacial score (nSPS) is 27.7. The van der Waals surface area contributed by atoms with Crippen LogP contribution in [0.1, 0.15) is 43.8 Å². The van der Waals surface area contributed by atoms with Crippen molar-refractivity contribution in [2.45, 2.75) is 63.7 Å². The third-order valence-electron chi connectivity index (χ3n) is 4.77. The summed E-state index contributed by atoms with van der Waals surface area (Å²) in [7, 11) is 0. The van der Waals surface area contributed by atoms with E-state index in [1.54, 1.807) is 0 Å². The van der Waals surface area contributed by atoms with Crippen molar-refractivity contribution in [3.63, 3.8) is 0 Å². The van der Waals surface area contributed by atoms with Crippen LogP contribution in [-0.4, -0.2) is 44.8 Å². The molecule has 0 bridgehead atoms. The molecule has 3 heterocycles. The number of nitrogens with one attached hydrogen (secondary N) is 1. The van der Waals surface area contributed by atoms with E-state index in [-0.39, 0.29) is 0 Å². The Morgan fingerprint density at radius 3 is 2.95 bits per heavy atom. The predicted molar refractivity (Wildman–Crippen MR) is 72.8 cm³/mol. The second-order valence-electron chi connectivity index (χ2n) is 6.23. The molecule has 1 saturated carbocycles. The van der Waals surface area contributed by atoms with E-state index in [1.165, 1.54) is 51.0 Å². The summed E-state index contributed by atoms with van der Waals surface area (Å²) in [5.41, 5.74) is 0. The van der Waals surface area contributed by atoms with Crippen molar-refractivity contribution in [1.82, 2.24) is 25.0 Å². The van der Waals surface area contributed by atoms with Gasteiger partial charge in [0.15, 0.2) is 0 Å². The Morgan fingerprint density at radius 2 is 2.05 bits per heavy atom. The van der Waals surface area contributed by atoms with Crippen molar-refractivity contribution in [2.75, 3.05) is 13.1 Å². The largest absolute Gasteiger partial charge is 0.314 e. The zero-order valence-corrected chi connectivity index (χ0v) is 11.5. The molecule has 1 aromatic heterocycles. The second-order valence-corrected chi connectivity index (χ2v) is 6.23. The number of rotatable bonds is 4. The van der Waals surface area contributed by atoms with Crippen molar-refractivity contribution in [3.8, 4) is 0 Å². The summed E-state index contributed by atoms with van der Waals surface area (Å²) in [5, 5.41) is 12.4. The zero-order chi connectivity index (χ0) is 12.7. The lowest BCUT2D eigenvalue weighted by molar-refractivity contribution is 0.316. The minimum absolute atomic E-state index is 0.650. The van der Waals surface area contributed by atoms with E-state index in [0.29, 0.717) is 6.04 Å². The number of likely N-dealkylation sites (tertiary alicyclic amines) is 1. The van der Waals surface area contributed by atoms with Crippen molar-refractivity contribution in [3.05, 3.63) is 11.6 Å². The quantitative estimate of drug-likeness (QED) is 0.876. The minimum atomic E-state index is 0.650. The molecule has 1 saturated heterocycles. The number of hydrogen-bond acceptors (Lipinski definition) is 4. The van der Waals surface area contributed by atoms with Gasteiger partial charge in [-0.05, 0) is 32.1 Å². The van der Waals surface area contributed by atoms with Crippen LogP contribution in [-0.2, 0) is 19.5 Å². The fourth-order valence-corrected chi connectivity index (χ4v) is 3.46. The molecule has 1 atom stereocenters. The van der Waals surface area contributed by atoms with Gasteiger partial charge in [0.05, 0.1) is 6.54 Å². The maximum absolute atomic E-state index is 4.36. The van der Waals surface area contributed by atoms with Crippen LogP contribution >= 0.6 is 0 Å². The molecule has 0 amide bonds. The van der Waals surface area contributed by atoms with E-state index in [4.69, 9.17) is 0 Å². The van der Waals surface area contributed by atoms with Crippen molar-refractivity contribution in [2.24, 2.45) is 0 Å². The highest BCUT2D eigenvalue weighted by atomic mass is 15.3. The summed E-state index contributed by atoms with van der Waals surface area (Å²) in [5.74, 6) is 2.33. The Labute approximate surface area is 114 Å². The van der Waals surface area contributed by atoms with Crippen molar-refractivity contribution in [1.29, 1.82) is 0 Å². The molecule has 1 N–H and O–H groups in total. The third-order valence-corrected chi connectivity index (χ3v) is 4.77. The van der Waals surface area contributed by atoms with Gasteiger partial charge in [0.2, 0.25) is 0 Å². The van der Waals surface area contributed by atoms with E-state index >= 15 is 0 Å². The Bertz CT molecular complexity index is 451. The zero-order valence-electron chi connectivity index (χ0n) is 11.5. The first-order chi connectivity index (χ1) is 9.40. The maximum atomic E-state index is 4.36. The smallest absolute Gasteiger partial charge is 0.147 e. The van der Waals surface area contributed by atoms with Gasteiger partial charge in [-0.25, -0.2) is 0 Å². The molecule has 5 nitrogen and oxygen atoms in total. The topological polar surface area (TPSA) is 46.0 Å². The first kappa shape index (κ1) is 11.9. The first-order valence-corrected chi connectivity index (χ1v) is 7.78. The number of nitrogens with zero attached hydrogens (tertiary/aromatic N) is 4. The van der Waals surface area contributed by atoms with E-state index in [0.717, 1.165) is 31.4 Å². The van der Waals surface area contributed by atoms with Gasteiger partial charge in [-0.1, -0.05) is 0 Å². The average molecular weight is 261 g/mol. The van der Waals surface area contributed by atoms with Crippen LogP contribution in [0.3, 0.4) is 0 Å². The summed E-state index contributed by atoms with van der Waals surface area (Å²) >= 11 is 0. The molecule has 1 aromatic rings. The van der Waals surface area contributed by atoms with Gasteiger partial charge in [0, 0.05) is 38.1 Å². The Kier molecular flexibility index (Phi) is 3.04. The summed E-state index contributed by atoms with van der Waals surface area (Å²) < 4.78 is 2.32. The van der Waals surface area contributed by atoms with Crippen LogP contribution in [0.2, 0.25) is 0 Å². The van der Waals surface area contributed by atoms with Gasteiger partial charge in [-0.2, -0.15) is 0 Å². The molecule has 3 aliphatic rings. The average Bonchev–Trinajstić information content (AvgIpc) is 3.05. The lowest BCUT2D eigenvalue weighted by Gasteiger charge is -2.17. The summed E-state index contributed by atoms with van der Waals surface area (Å²) in [6.07, 6.45) is 7.78. The van der Waals surface area contributed by atoms with E-state index in [2.05, 4.69) is 25.0 Å². The van der Waals surface area contributed by atoms with Crippen LogP contribution < -0.4 is 5.32 Å². The molecule has 1 aliphatic carbocycles. The Balaban J connectivity index is 1.33. The Hall–Kier alpha value is -0.940. The molecular weight excluding hydrogens is 238 g/mol. The van der Waals surface area contributed by atoms with Crippen LogP contribution in [0.15, 0.2) is 0 Å². The monoisotopic (exact) mass is 261 g/mol. The molecule has 5 heteroatoms. The second kappa shape index (κ2) is 4.87. The highest BCUT2D eigenvalue weighted by Gasteiger charge is 2.34. The van der Waals surface area contributed by atoms with Gasteiger partial charge < -0.3 is 9.88 Å². The number of hydrogen-bond donors (Lipinski definition) is 1. The maximum Gasteiger partial charge on any atom is 0.147 e. The first-order valence-electron chi connectivity index (χ1n) is 7.78. The minimum Gasteiger partial charge on any atom is -0.314 e. The molecule has 19 heavy (non-hydrogen) atoms. The van der Waals surface area contributed by atoms with Gasteiger partial charge in [0.25, 0.3) is 0 Å². The summed E-state index contributed by atoms with van der Waals surface area (Å²) in [6.45, 7) is 4.50. The van der Waals surface area contributed by atoms with Gasteiger partial charge in [-0.3, -0.25) is 4.90 Å². The standard InChI is InChI=1S/C14H23N5/c1-2-7-19-13(3-1)16-17-14(19)9-15-11-6-8-18(10-11)12-4-5-12/h11-12,15H,1-10H2. The lowest BCUT2D eigenvalue weighted by atomic mass is 10.1. The SMILES string of the molecule is C1CCn2c(nnc2CNC2CCN(C3CC3)C2)C1. The van der Waals surface area contributed by atoms with Crippen molar-refractivity contribution < 1.29 is 0 Å². The molecule has 2 aliphatic heterocycles. The lowest BCUT2D eigenvalue weighted by Crippen LogP contribution is -2.33.